The molecule has 1 N–H and O–H groups in total. The fourth-order valence-corrected chi connectivity index (χ4v) is 2.43. The Hall–Kier alpha value is -0.680. The summed E-state index contributed by atoms with van der Waals surface area (Å²) in [4.78, 5) is 22.4. The van der Waals surface area contributed by atoms with E-state index in [1.165, 1.54) is 11.8 Å². The highest BCUT2D eigenvalue weighted by Gasteiger charge is 2.35. The molecule has 0 aromatic carbocycles. The number of carboxylic acids is 1. The summed E-state index contributed by atoms with van der Waals surface area (Å²) < 4.78 is 0.473. The van der Waals surface area contributed by atoms with E-state index >= 15 is 0 Å². The Morgan fingerprint density at radius 2 is 2.38 bits per heavy atom. The first kappa shape index (κ1) is 10.4. The fourth-order valence-electron chi connectivity index (χ4n) is 1.06. The molecular formula is C8H8O3S2. The van der Waals surface area contributed by atoms with Crippen LogP contribution in [0.15, 0.2) is 11.0 Å². The van der Waals surface area contributed by atoms with E-state index in [1.54, 1.807) is 13.0 Å². The van der Waals surface area contributed by atoms with Gasteiger partial charge in [0.15, 0.2) is 5.78 Å². The third kappa shape index (κ3) is 2.16. The Morgan fingerprint density at radius 3 is 2.77 bits per heavy atom. The van der Waals surface area contributed by atoms with Gasteiger partial charge in [0.05, 0.1) is 21.4 Å². The second kappa shape index (κ2) is 4.02. The summed E-state index contributed by atoms with van der Waals surface area (Å²) in [5.74, 6) is -1.75. The van der Waals surface area contributed by atoms with Gasteiger partial charge in [-0.15, -0.1) is 0 Å². The minimum absolute atomic E-state index is 0.153. The Labute approximate surface area is 85.2 Å². The molecule has 0 aromatic rings. The van der Waals surface area contributed by atoms with Crippen molar-refractivity contribution in [2.24, 2.45) is 5.92 Å². The lowest BCUT2D eigenvalue weighted by atomic mass is 10.0. The molecule has 0 aromatic heterocycles. The summed E-state index contributed by atoms with van der Waals surface area (Å²) in [5, 5.41) is 8.53. The lowest BCUT2D eigenvalue weighted by Crippen LogP contribution is -2.17. The minimum atomic E-state index is -0.987. The zero-order valence-electron chi connectivity index (χ0n) is 6.94. The first-order chi connectivity index (χ1) is 6.06. The zero-order valence-corrected chi connectivity index (χ0v) is 8.58. The maximum absolute atomic E-state index is 11.4. The number of hydrogen-bond acceptors (Lipinski definition) is 4. The summed E-state index contributed by atoms with van der Waals surface area (Å²) >= 11 is 6.12. The zero-order chi connectivity index (χ0) is 10.0. The lowest BCUT2D eigenvalue weighted by molar-refractivity contribution is -0.139. The monoisotopic (exact) mass is 216 g/mol. The maximum Gasteiger partial charge on any atom is 0.304 e. The average molecular weight is 216 g/mol. The first-order valence-electron chi connectivity index (χ1n) is 3.70. The Bertz CT molecular complexity index is 307. The van der Waals surface area contributed by atoms with E-state index in [0.29, 0.717) is 9.10 Å². The van der Waals surface area contributed by atoms with Crippen LogP contribution < -0.4 is 0 Å². The standard InChI is InChI=1S/C8H8O3S2/c1-2-5-7(11)4(3-6(9)10)8(12)13-5/h2,4H,3H2,1H3,(H,9,10)/b5-2+. The number of thioether (sulfide) groups is 1. The number of allylic oxidation sites excluding steroid dienone is 2. The molecule has 1 aliphatic heterocycles. The van der Waals surface area contributed by atoms with E-state index in [4.69, 9.17) is 17.3 Å². The molecule has 1 unspecified atom stereocenters. The van der Waals surface area contributed by atoms with Crippen molar-refractivity contribution >= 4 is 39.9 Å². The van der Waals surface area contributed by atoms with E-state index in [1.807, 2.05) is 0 Å². The van der Waals surface area contributed by atoms with Gasteiger partial charge >= 0.3 is 5.97 Å². The number of Topliss-reactive ketones (excluding diaryl/α,β-unsaturated/α-hetero) is 1. The molecule has 0 spiro atoms. The van der Waals surface area contributed by atoms with Gasteiger partial charge in [-0.05, 0) is 6.92 Å². The van der Waals surface area contributed by atoms with Gasteiger partial charge in [0.25, 0.3) is 0 Å². The minimum Gasteiger partial charge on any atom is -0.481 e. The molecule has 70 valence electrons. The van der Waals surface area contributed by atoms with E-state index in [-0.39, 0.29) is 12.2 Å². The molecule has 0 bridgehead atoms. The van der Waals surface area contributed by atoms with Crippen LogP contribution in [0.3, 0.4) is 0 Å². The molecule has 0 saturated carbocycles. The van der Waals surface area contributed by atoms with Gasteiger partial charge in [-0.1, -0.05) is 30.1 Å². The average Bonchev–Trinajstić information content (AvgIpc) is 2.31. The maximum atomic E-state index is 11.4. The summed E-state index contributed by atoms with van der Waals surface area (Å²) in [5.41, 5.74) is 0. The number of carbonyl (C=O) groups excluding carboxylic acids is 1. The van der Waals surface area contributed by atoms with Gasteiger partial charge in [-0.25, -0.2) is 0 Å². The van der Waals surface area contributed by atoms with Gasteiger partial charge in [0.2, 0.25) is 0 Å². The highest BCUT2D eigenvalue weighted by Crippen LogP contribution is 2.36. The molecule has 5 heteroatoms. The number of ketones is 1. The highest BCUT2D eigenvalue weighted by atomic mass is 32.2. The van der Waals surface area contributed by atoms with Crippen molar-refractivity contribution in [3.8, 4) is 0 Å². The number of thiocarbonyl (C=S) groups is 1. The molecule has 1 aliphatic rings. The predicted octanol–water partition coefficient (Wildman–Crippen LogP) is 1.62. The summed E-state index contributed by atoms with van der Waals surface area (Å²) in [7, 11) is 0. The van der Waals surface area contributed by atoms with Crippen molar-refractivity contribution in [2.45, 2.75) is 13.3 Å². The second-order valence-corrected chi connectivity index (χ2v) is 4.37. The van der Waals surface area contributed by atoms with Crippen LogP contribution in [-0.4, -0.2) is 21.1 Å². The van der Waals surface area contributed by atoms with Crippen LogP contribution in [0.25, 0.3) is 0 Å². The molecule has 1 saturated heterocycles. The van der Waals surface area contributed by atoms with Crippen LogP contribution in [-0.2, 0) is 9.59 Å². The molecular weight excluding hydrogens is 208 g/mol. The third-order valence-electron chi connectivity index (χ3n) is 1.70. The molecule has 1 fully saturated rings. The Kier molecular flexibility index (Phi) is 3.22. The molecule has 3 nitrogen and oxygen atoms in total. The molecule has 1 rings (SSSR count). The Morgan fingerprint density at radius 1 is 1.77 bits per heavy atom. The van der Waals surface area contributed by atoms with Crippen molar-refractivity contribution < 1.29 is 14.7 Å². The van der Waals surface area contributed by atoms with Crippen LogP contribution in [0, 0.1) is 5.92 Å². The normalized spacial score (nSPS) is 25.6. The van der Waals surface area contributed by atoms with Crippen molar-refractivity contribution in [2.75, 3.05) is 0 Å². The summed E-state index contributed by atoms with van der Waals surface area (Å²) in [6, 6.07) is 0. The molecule has 0 amide bonds. The summed E-state index contributed by atoms with van der Waals surface area (Å²) in [6.45, 7) is 1.74. The van der Waals surface area contributed by atoms with Gasteiger partial charge in [-0.2, -0.15) is 0 Å². The molecule has 1 atom stereocenters. The quantitative estimate of drug-likeness (QED) is 0.561. The predicted molar refractivity (Wildman–Crippen MR) is 54.7 cm³/mol. The van der Waals surface area contributed by atoms with Crippen molar-refractivity contribution in [3.05, 3.63) is 11.0 Å². The topological polar surface area (TPSA) is 54.4 Å². The largest absolute Gasteiger partial charge is 0.481 e. The number of aliphatic carboxylic acids is 1. The van der Waals surface area contributed by atoms with Crippen molar-refractivity contribution in [1.82, 2.24) is 0 Å². The number of carboxylic acid groups (broad SMARTS) is 1. The second-order valence-electron chi connectivity index (χ2n) is 2.59. The van der Waals surface area contributed by atoms with E-state index in [0.717, 1.165) is 0 Å². The fraction of sp³-hybridized carbons (Fsp3) is 0.375. The summed E-state index contributed by atoms with van der Waals surface area (Å²) in [6.07, 6.45) is 1.48. The smallest absolute Gasteiger partial charge is 0.304 e. The first-order valence-corrected chi connectivity index (χ1v) is 4.92. The number of carbonyl (C=O) groups is 2. The molecule has 0 radical (unpaired) electrons. The molecule has 1 heterocycles. The third-order valence-corrected chi connectivity index (χ3v) is 3.37. The SMILES string of the molecule is C/C=C1/SC(=S)C(CC(=O)O)C1=O. The number of rotatable bonds is 2. The van der Waals surface area contributed by atoms with Gasteiger partial charge in [0, 0.05) is 0 Å². The van der Waals surface area contributed by atoms with Crippen LogP contribution in [0.1, 0.15) is 13.3 Å². The molecule has 13 heavy (non-hydrogen) atoms. The number of hydrogen-bond donors (Lipinski definition) is 1. The van der Waals surface area contributed by atoms with Crippen molar-refractivity contribution in [1.29, 1.82) is 0 Å². The Balaban J connectivity index is 2.82. The van der Waals surface area contributed by atoms with Crippen LogP contribution in [0.5, 0.6) is 0 Å². The molecule has 0 aliphatic carbocycles. The van der Waals surface area contributed by atoms with Gasteiger partial charge in [0.1, 0.15) is 0 Å². The van der Waals surface area contributed by atoms with Gasteiger partial charge < -0.3 is 5.11 Å². The van der Waals surface area contributed by atoms with E-state index in [2.05, 4.69) is 0 Å². The van der Waals surface area contributed by atoms with Crippen LogP contribution in [0.4, 0.5) is 0 Å². The van der Waals surface area contributed by atoms with E-state index < -0.39 is 11.9 Å². The lowest BCUT2D eigenvalue weighted by Gasteiger charge is -2.01. The van der Waals surface area contributed by atoms with Gasteiger partial charge in [-0.3, -0.25) is 9.59 Å². The van der Waals surface area contributed by atoms with E-state index in [9.17, 15) is 9.59 Å². The van der Waals surface area contributed by atoms with Crippen LogP contribution >= 0.6 is 24.0 Å². The highest BCUT2D eigenvalue weighted by molar-refractivity contribution is 8.27. The van der Waals surface area contributed by atoms with Crippen LogP contribution in [0.2, 0.25) is 0 Å². The van der Waals surface area contributed by atoms with Crippen molar-refractivity contribution in [3.63, 3.8) is 0 Å².